The summed E-state index contributed by atoms with van der Waals surface area (Å²) in [6, 6.07) is 11.8. The van der Waals surface area contributed by atoms with E-state index >= 15 is 0 Å². The first-order valence-electron chi connectivity index (χ1n) is 7.92. The van der Waals surface area contributed by atoms with Crippen LogP contribution in [0.15, 0.2) is 42.5 Å². The Morgan fingerprint density at radius 2 is 2.16 bits per heavy atom. The van der Waals surface area contributed by atoms with Crippen LogP contribution in [0.2, 0.25) is 0 Å². The van der Waals surface area contributed by atoms with Crippen molar-refractivity contribution in [1.29, 1.82) is 0 Å². The molecule has 1 atom stereocenters. The number of carbonyl (C=O) groups excluding carboxylic acids is 1. The number of ether oxygens (including phenoxy) is 2. The Morgan fingerprint density at radius 1 is 1.36 bits per heavy atom. The fourth-order valence-corrected chi connectivity index (χ4v) is 2.96. The van der Waals surface area contributed by atoms with Crippen LogP contribution in [0.4, 0.5) is 11.4 Å². The molecule has 1 N–H and O–H groups in total. The molecule has 0 radical (unpaired) electrons. The number of para-hydroxylation sites is 1. The third kappa shape index (κ3) is 3.71. The molecule has 1 amide bonds. The predicted octanol–water partition coefficient (Wildman–Crippen LogP) is 3.50. The standard InChI is InChI=1S/C18H18N2O5/c1-24-17-7-6-13(20(22)23)11-15(17)19-18(21)10-12-8-9-25-16-5-3-2-4-14(12)16/h2-7,11-12H,8-10H2,1H3,(H,19,21)/t12-/m0/s1. The number of nitrogens with zero attached hydrogens (tertiary/aromatic N) is 1. The lowest BCUT2D eigenvalue weighted by Crippen LogP contribution is -2.21. The molecule has 0 bridgehead atoms. The number of rotatable bonds is 5. The molecule has 0 spiro atoms. The van der Waals surface area contributed by atoms with Crippen molar-refractivity contribution in [2.45, 2.75) is 18.8 Å². The molecule has 2 aromatic carbocycles. The van der Waals surface area contributed by atoms with E-state index in [1.165, 1.54) is 25.3 Å². The minimum atomic E-state index is -0.510. The van der Waals surface area contributed by atoms with E-state index in [0.29, 0.717) is 18.0 Å². The summed E-state index contributed by atoms with van der Waals surface area (Å²) < 4.78 is 10.8. The highest BCUT2D eigenvalue weighted by molar-refractivity contribution is 5.93. The lowest BCUT2D eigenvalue weighted by atomic mass is 9.90. The molecule has 1 aliphatic rings. The monoisotopic (exact) mass is 342 g/mol. The van der Waals surface area contributed by atoms with Crippen LogP contribution < -0.4 is 14.8 Å². The second kappa shape index (κ2) is 7.21. The summed E-state index contributed by atoms with van der Waals surface area (Å²) in [4.78, 5) is 22.9. The third-order valence-electron chi connectivity index (χ3n) is 4.18. The molecule has 0 unspecified atom stereocenters. The Hall–Kier alpha value is -3.09. The van der Waals surface area contributed by atoms with Crippen molar-refractivity contribution in [2.75, 3.05) is 19.0 Å². The highest BCUT2D eigenvalue weighted by atomic mass is 16.6. The maximum Gasteiger partial charge on any atom is 0.271 e. The molecule has 0 saturated carbocycles. The molecule has 130 valence electrons. The van der Waals surface area contributed by atoms with Crippen molar-refractivity contribution in [2.24, 2.45) is 0 Å². The van der Waals surface area contributed by atoms with E-state index in [9.17, 15) is 14.9 Å². The fourth-order valence-electron chi connectivity index (χ4n) is 2.96. The van der Waals surface area contributed by atoms with Gasteiger partial charge in [-0.3, -0.25) is 14.9 Å². The summed E-state index contributed by atoms with van der Waals surface area (Å²) in [7, 11) is 1.45. The number of anilines is 1. The van der Waals surface area contributed by atoms with Gasteiger partial charge in [-0.1, -0.05) is 18.2 Å². The second-order valence-corrected chi connectivity index (χ2v) is 5.77. The molecule has 7 heteroatoms. The number of benzene rings is 2. The van der Waals surface area contributed by atoms with Crippen molar-refractivity contribution >= 4 is 17.3 Å². The van der Waals surface area contributed by atoms with Gasteiger partial charge in [0.25, 0.3) is 5.69 Å². The molecule has 1 heterocycles. The van der Waals surface area contributed by atoms with Gasteiger partial charge in [-0.2, -0.15) is 0 Å². The van der Waals surface area contributed by atoms with Crippen molar-refractivity contribution in [3.8, 4) is 11.5 Å². The summed E-state index contributed by atoms with van der Waals surface area (Å²) in [6.45, 7) is 0.565. The van der Waals surface area contributed by atoms with E-state index in [0.717, 1.165) is 17.7 Å². The molecular weight excluding hydrogens is 324 g/mol. The summed E-state index contributed by atoms with van der Waals surface area (Å²) in [5, 5.41) is 13.7. The third-order valence-corrected chi connectivity index (χ3v) is 4.18. The zero-order valence-corrected chi connectivity index (χ0v) is 13.7. The van der Waals surface area contributed by atoms with Crippen LogP contribution in [0.25, 0.3) is 0 Å². The van der Waals surface area contributed by atoms with Crippen LogP contribution in [0.1, 0.15) is 24.3 Å². The Labute approximate surface area is 144 Å². The molecule has 0 aliphatic carbocycles. The average molecular weight is 342 g/mol. The average Bonchev–Trinajstić information content (AvgIpc) is 2.62. The summed E-state index contributed by atoms with van der Waals surface area (Å²) in [6.07, 6.45) is 1.02. The molecule has 1 aliphatic heterocycles. The minimum Gasteiger partial charge on any atom is -0.495 e. The van der Waals surface area contributed by atoms with Crippen LogP contribution in [0.3, 0.4) is 0 Å². The van der Waals surface area contributed by atoms with Gasteiger partial charge in [-0.25, -0.2) is 0 Å². The number of nitrogens with one attached hydrogen (secondary N) is 1. The maximum atomic E-state index is 12.5. The molecular formula is C18H18N2O5. The lowest BCUT2D eigenvalue weighted by Gasteiger charge is -2.25. The van der Waals surface area contributed by atoms with Gasteiger partial charge in [-0.15, -0.1) is 0 Å². The normalized spacial score (nSPS) is 15.6. The molecule has 7 nitrogen and oxygen atoms in total. The largest absolute Gasteiger partial charge is 0.495 e. The van der Waals surface area contributed by atoms with E-state index in [-0.39, 0.29) is 23.9 Å². The predicted molar refractivity (Wildman–Crippen MR) is 92.2 cm³/mol. The molecule has 2 aromatic rings. The van der Waals surface area contributed by atoms with Crippen LogP contribution in [-0.2, 0) is 4.79 Å². The van der Waals surface area contributed by atoms with Crippen molar-refractivity contribution in [3.05, 3.63) is 58.1 Å². The summed E-state index contributed by atoms with van der Waals surface area (Å²) >= 11 is 0. The van der Waals surface area contributed by atoms with Gasteiger partial charge in [-0.05, 0) is 30.0 Å². The van der Waals surface area contributed by atoms with Crippen LogP contribution in [-0.4, -0.2) is 24.5 Å². The highest BCUT2D eigenvalue weighted by Crippen LogP contribution is 2.36. The zero-order chi connectivity index (χ0) is 17.8. The van der Waals surface area contributed by atoms with Crippen LogP contribution in [0.5, 0.6) is 11.5 Å². The van der Waals surface area contributed by atoms with Gasteiger partial charge in [0.2, 0.25) is 5.91 Å². The molecule has 3 rings (SSSR count). The first-order chi connectivity index (χ1) is 12.1. The molecule has 25 heavy (non-hydrogen) atoms. The first kappa shape index (κ1) is 16.8. The number of hydrogen-bond acceptors (Lipinski definition) is 5. The smallest absolute Gasteiger partial charge is 0.271 e. The Morgan fingerprint density at radius 3 is 2.92 bits per heavy atom. The molecule has 0 fully saturated rings. The van der Waals surface area contributed by atoms with Gasteiger partial charge < -0.3 is 14.8 Å². The van der Waals surface area contributed by atoms with E-state index in [2.05, 4.69) is 5.32 Å². The Kier molecular flexibility index (Phi) is 4.83. The van der Waals surface area contributed by atoms with Gasteiger partial charge in [0, 0.05) is 18.6 Å². The number of nitro groups is 1. The highest BCUT2D eigenvalue weighted by Gasteiger charge is 2.24. The second-order valence-electron chi connectivity index (χ2n) is 5.77. The van der Waals surface area contributed by atoms with Gasteiger partial charge in [0.05, 0.1) is 24.3 Å². The van der Waals surface area contributed by atoms with E-state index in [1.807, 2.05) is 24.3 Å². The lowest BCUT2D eigenvalue weighted by molar-refractivity contribution is -0.384. The summed E-state index contributed by atoms with van der Waals surface area (Å²) in [5.74, 6) is 1.01. The number of non-ortho nitro benzene ring substituents is 1. The number of amides is 1. The number of fused-ring (bicyclic) bond motifs is 1. The number of hydrogen-bond donors (Lipinski definition) is 1. The van der Waals surface area contributed by atoms with E-state index < -0.39 is 4.92 Å². The van der Waals surface area contributed by atoms with Gasteiger partial charge in [0.1, 0.15) is 11.5 Å². The number of carbonyl (C=O) groups is 1. The summed E-state index contributed by atoms with van der Waals surface area (Å²) in [5.41, 5.74) is 1.20. The van der Waals surface area contributed by atoms with Gasteiger partial charge in [0.15, 0.2) is 0 Å². The van der Waals surface area contributed by atoms with E-state index in [1.54, 1.807) is 0 Å². The van der Waals surface area contributed by atoms with Crippen molar-refractivity contribution in [1.82, 2.24) is 0 Å². The van der Waals surface area contributed by atoms with Crippen molar-refractivity contribution in [3.63, 3.8) is 0 Å². The minimum absolute atomic E-state index is 0.0506. The number of nitro benzene ring substituents is 1. The van der Waals surface area contributed by atoms with Crippen molar-refractivity contribution < 1.29 is 19.2 Å². The van der Waals surface area contributed by atoms with Crippen LogP contribution >= 0.6 is 0 Å². The zero-order valence-electron chi connectivity index (χ0n) is 13.7. The topological polar surface area (TPSA) is 90.7 Å². The maximum absolute atomic E-state index is 12.5. The van der Waals surface area contributed by atoms with Gasteiger partial charge >= 0.3 is 0 Å². The SMILES string of the molecule is COc1ccc([N+](=O)[O-])cc1NC(=O)C[C@@H]1CCOc2ccccc21. The molecule has 0 aromatic heterocycles. The van der Waals surface area contributed by atoms with Crippen LogP contribution in [0, 0.1) is 10.1 Å². The number of methoxy groups -OCH3 is 1. The fraction of sp³-hybridized carbons (Fsp3) is 0.278. The quantitative estimate of drug-likeness (QED) is 0.663. The molecule has 0 saturated heterocycles. The van der Waals surface area contributed by atoms with E-state index in [4.69, 9.17) is 9.47 Å². The Bertz CT molecular complexity index is 806. The first-order valence-corrected chi connectivity index (χ1v) is 7.92. The Balaban J connectivity index is 1.75.